The molecule has 1 amide bonds. The molecule has 0 radical (unpaired) electrons. The van der Waals surface area contributed by atoms with E-state index < -0.39 is 0 Å². The van der Waals surface area contributed by atoms with Crippen molar-refractivity contribution in [2.24, 2.45) is 5.92 Å². The van der Waals surface area contributed by atoms with Gasteiger partial charge >= 0.3 is 0 Å². The maximum absolute atomic E-state index is 12.4. The molecule has 0 spiro atoms. The lowest BCUT2D eigenvalue weighted by atomic mass is 10.1. The van der Waals surface area contributed by atoms with Crippen molar-refractivity contribution in [1.29, 1.82) is 0 Å². The van der Waals surface area contributed by atoms with Gasteiger partial charge in [0.05, 0.1) is 25.2 Å². The van der Waals surface area contributed by atoms with Gasteiger partial charge in [0.25, 0.3) is 5.91 Å². The minimum Gasteiger partial charge on any atom is -0.493 e. The number of hydrogen-bond acceptors (Lipinski definition) is 6. The van der Waals surface area contributed by atoms with E-state index in [1.807, 2.05) is 61.5 Å². The van der Waals surface area contributed by atoms with Crippen LogP contribution in [-0.2, 0) is 4.79 Å². The number of ether oxygens (including phenoxy) is 3. The van der Waals surface area contributed by atoms with Crippen molar-refractivity contribution < 1.29 is 19.0 Å². The second kappa shape index (κ2) is 10.5. The fourth-order valence-corrected chi connectivity index (χ4v) is 4.24. The SMILES string of the molecule is CCN1C(=O)/C(=C/c2ccc(OCC(C)COc3ccccc3)c(OC)c2)SC1=S. The van der Waals surface area contributed by atoms with Crippen LogP contribution >= 0.6 is 24.0 Å². The topological polar surface area (TPSA) is 48.0 Å². The molecular weight excluding hydrogens is 418 g/mol. The molecule has 1 unspecified atom stereocenters. The van der Waals surface area contributed by atoms with Gasteiger partial charge in [0, 0.05) is 12.5 Å². The molecule has 5 nitrogen and oxygen atoms in total. The van der Waals surface area contributed by atoms with Crippen molar-refractivity contribution in [3.05, 3.63) is 59.0 Å². The fourth-order valence-electron chi connectivity index (χ4n) is 2.85. The first-order valence-corrected chi connectivity index (χ1v) is 11.0. The van der Waals surface area contributed by atoms with Crippen molar-refractivity contribution in [2.75, 3.05) is 26.9 Å². The molecule has 1 heterocycles. The van der Waals surface area contributed by atoms with Crippen LogP contribution in [0.4, 0.5) is 0 Å². The molecule has 0 N–H and O–H groups in total. The van der Waals surface area contributed by atoms with Gasteiger partial charge < -0.3 is 14.2 Å². The number of benzene rings is 2. The third-order valence-corrected chi connectivity index (χ3v) is 5.85. The summed E-state index contributed by atoms with van der Waals surface area (Å²) >= 11 is 6.58. The highest BCUT2D eigenvalue weighted by Gasteiger charge is 2.30. The third-order valence-electron chi connectivity index (χ3n) is 4.48. The maximum atomic E-state index is 12.4. The lowest BCUT2D eigenvalue weighted by Crippen LogP contribution is -2.27. The second-order valence-electron chi connectivity index (χ2n) is 6.88. The van der Waals surface area contributed by atoms with Crippen molar-refractivity contribution in [3.63, 3.8) is 0 Å². The molecule has 1 saturated heterocycles. The van der Waals surface area contributed by atoms with Crippen molar-refractivity contribution in [2.45, 2.75) is 13.8 Å². The van der Waals surface area contributed by atoms with E-state index in [1.54, 1.807) is 12.0 Å². The van der Waals surface area contributed by atoms with Gasteiger partial charge in [-0.15, -0.1) is 0 Å². The standard InChI is InChI=1S/C23H25NO4S2/c1-4-24-22(25)21(30-23(24)29)13-17-10-11-19(20(12-17)26-3)28-15-16(2)14-27-18-8-6-5-7-9-18/h5-13,16H,4,14-15H2,1-3H3/b21-13-. The van der Waals surface area contributed by atoms with Crippen LogP contribution in [-0.4, -0.2) is 42.0 Å². The summed E-state index contributed by atoms with van der Waals surface area (Å²) in [6.07, 6.45) is 1.83. The Balaban J connectivity index is 1.61. The molecule has 1 atom stereocenters. The number of thiocarbonyl (C=S) groups is 1. The largest absolute Gasteiger partial charge is 0.493 e. The Morgan fingerprint density at radius 3 is 2.50 bits per heavy atom. The maximum Gasteiger partial charge on any atom is 0.266 e. The van der Waals surface area contributed by atoms with E-state index in [-0.39, 0.29) is 11.8 Å². The third kappa shape index (κ3) is 5.55. The summed E-state index contributed by atoms with van der Waals surface area (Å²) in [7, 11) is 1.60. The predicted molar refractivity (Wildman–Crippen MR) is 125 cm³/mol. The summed E-state index contributed by atoms with van der Waals surface area (Å²) in [5.74, 6) is 2.26. The zero-order valence-corrected chi connectivity index (χ0v) is 18.9. The number of amides is 1. The lowest BCUT2D eigenvalue weighted by molar-refractivity contribution is -0.121. The predicted octanol–water partition coefficient (Wildman–Crippen LogP) is 5.01. The number of likely N-dealkylation sites (N-methyl/N-ethyl adjacent to an activating group) is 1. The van der Waals surface area contributed by atoms with Crippen molar-refractivity contribution >= 4 is 40.3 Å². The zero-order valence-electron chi connectivity index (χ0n) is 17.3. The molecule has 0 saturated carbocycles. The van der Waals surface area contributed by atoms with E-state index in [1.165, 1.54) is 11.8 Å². The summed E-state index contributed by atoms with van der Waals surface area (Å²) in [5.41, 5.74) is 0.858. The minimum absolute atomic E-state index is 0.0564. The smallest absolute Gasteiger partial charge is 0.266 e. The summed E-state index contributed by atoms with van der Waals surface area (Å²) in [5, 5.41) is 0. The molecule has 0 aromatic heterocycles. The summed E-state index contributed by atoms with van der Waals surface area (Å²) < 4.78 is 17.8. The number of hydrogen-bond donors (Lipinski definition) is 0. The summed E-state index contributed by atoms with van der Waals surface area (Å²) in [6, 6.07) is 15.3. The Labute approximate surface area is 187 Å². The van der Waals surface area contributed by atoms with Crippen LogP contribution in [0.5, 0.6) is 17.2 Å². The number of thioether (sulfide) groups is 1. The monoisotopic (exact) mass is 443 g/mol. The molecule has 3 rings (SSSR count). The van der Waals surface area contributed by atoms with Crippen LogP contribution in [0, 0.1) is 5.92 Å². The molecule has 0 bridgehead atoms. The lowest BCUT2D eigenvalue weighted by Gasteiger charge is -2.16. The summed E-state index contributed by atoms with van der Waals surface area (Å²) in [4.78, 5) is 14.6. The van der Waals surface area contributed by atoms with Gasteiger partial charge in [-0.2, -0.15) is 0 Å². The average Bonchev–Trinajstić information content (AvgIpc) is 3.03. The second-order valence-corrected chi connectivity index (χ2v) is 8.55. The Bertz CT molecular complexity index is 930. The Kier molecular flexibility index (Phi) is 7.76. The number of para-hydroxylation sites is 1. The molecule has 7 heteroatoms. The molecule has 1 fully saturated rings. The first kappa shape index (κ1) is 22.2. The molecule has 0 aliphatic carbocycles. The highest BCUT2D eigenvalue weighted by molar-refractivity contribution is 8.26. The van der Waals surface area contributed by atoms with Crippen molar-refractivity contribution in [1.82, 2.24) is 4.90 Å². The highest BCUT2D eigenvalue weighted by Crippen LogP contribution is 2.34. The fraction of sp³-hybridized carbons (Fsp3) is 0.304. The average molecular weight is 444 g/mol. The van der Waals surface area contributed by atoms with Crippen molar-refractivity contribution in [3.8, 4) is 17.2 Å². The van der Waals surface area contributed by atoms with Crippen LogP contribution in [0.1, 0.15) is 19.4 Å². The number of nitrogens with zero attached hydrogens (tertiary/aromatic N) is 1. The van der Waals surface area contributed by atoms with E-state index in [0.717, 1.165) is 11.3 Å². The normalized spacial score (nSPS) is 16.1. The molecule has 158 valence electrons. The number of methoxy groups -OCH3 is 1. The van der Waals surface area contributed by atoms with E-state index in [0.29, 0.717) is 40.5 Å². The van der Waals surface area contributed by atoms with Crippen LogP contribution in [0.15, 0.2) is 53.4 Å². The Morgan fingerprint density at radius 2 is 1.83 bits per heavy atom. The van der Waals surface area contributed by atoms with Crippen LogP contribution in [0.3, 0.4) is 0 Å². The van der Waals surface area contributed by atoms with Crippen LogP contribution in [0.2, 0.25) is 0 Å². The molecule has 1 aliphatic rings. The first-order valence-electron chi connectivity index (χ1n) is 9.75. The molecule has 2 aromatic rings. The Morgan fingerprint density at radius 1 is 1.10 bits per heavy atom. The van der Waals surface area contributed by atoms with Gasteiger partial charge in [-0.1, -0.05) is 55.2 Å². The number of carbonyl (C=O) groups is 1. The quantitative estimate of drug-likeness (QED) is 0.401. The van der Waals surface area contributed by atoms with Crippen LogP contribution in [0.25, 0.3) is 6.08 Å². The molecule has 30 heavy (non-hydrogen) atoms. The van der Waals surface area contributed by atoms with Gasteiger partial charge in [-0.25, -0.2) is 0 Å². The van der Waals surface area contributed by atoms with Gasteiger partial charge in [0.1, 0.15) is 10.1 Å². The van der Waals surface area contributed by atoms with E-state index >= 15 is 0 Å². The number of rotatable bonds is 9. The molecule has 1 aliphatic heterocycles. The van der Waals surface area contributed by atoms with Gasteiger partial charge in [0.2, 0.25) is 0 Å². The van der Waals surface area contributed by atoms with Gasteiger partial charge in [0.15, 0.2) is 11.5 Å². The zero-order chi connectivity index (χ0) is 21.5. The minimum atomic E-state index is -0.0564. The van der Waals surface area contributed by atoms with Crippen LogP contribution < -0.4 is 14.2 Å². The summed E-state index contributed by atoms with van der Waals surface area (Å²) in [6.45, 7) is 5.61. The first-order chi connectivity index (χ1) is 14.5. The van der Waals surface area contributed by atoms with E-state index in [2.05, 4.69) is 6.92 Å². The van der Waals surface area contributed by atoms with Gasteiger partial charge in [-0.05, 0) is 42.8 Å². The highest BCUT2D eigenvalue weighted by atomic mass is 32.2. The van der Waals surface area contributed by atoms with Gasteiger partial charge in [-0.3, -0.25) is 9.69 Å². The van der Waals surface area contributed by atoms with E-state index in [4.69, 9.17) is 26.4 Å². The number of carbonyl (C=O) groups excluding carboxylic acids is 1. The molecular formula is C23H25NO4S2. The molecule has 2 aromatic carbocycles. The van der Waals surface area contributed by atoms with E-state index in [9.17, 15) is 4.79 Å². The Hall–Kier alpha value is -2.51.